The second kappa shape index (κ2) is 8.38. The molecule has 0 saturated carbocycles. The lowest BCUT2D eigenvalue weighted by Gasteiger charge is -2.10. The first-order valence-corrected chi connectivity index (χ1v) is 8.36. The molecule has 0 radical (unpaired) electrons. The quantitative estimate of drug-likeness (QED) is 0.605. The van der Waals surface area contributed by atoms with Crippen LogP contribution in [0.2, 0.25) is 0 Å². The van der Waals surface area contributed by atoms with Gasteiger partial charge >= 0.3 is 5.97 Å². The Labute approximate surface area is 150 Å². The van der Waals surface area contributed by atoms with Gasteiger partial charge in [0.05, 0.1) is 5.92 Å². The number of benzene rings is 2. The summed E-state index contributed by atoms with van der Waals surface area (Å²) in [6.45, 7) is 1.66. The zero-order valence-electron chi connectivity index (χ0n) is 14.4. The third-order valence-electron chi connectivity index (χ3n) is 3.89. The van der Waals surface area contributed by atoms with Crippen molar-refractivity contribution in [3.63, 3.8) is 0 Å². The highest BCUT2D eigenvalue weighted by Crippen LogP contribution is 2.13. The van der Waals surface area contributed by atoms with Crippen molar-refractivity contribution in [3.05, 3.63) is 83.3 Å². The van der Waals surface area contributed by atoms with Gasteiger partial charge in [0, 0.05) is 6.42 Å². The van der Waals surface area contributed by atoms with Gasteiger partial charge in [-0.05, 0) is 29.7 Å². The average molecular weight is 354 g/mol. The van der Waals surface area contributed by atoms with Crippen molar-refractivity contribution in [2.24, 2.45) is 5.92 Å². The van der Waals surface area contributed by atoms with Crippen molar-refractivity contribution in [2.75, 3.05) is 0 Å². The maximum absolute atomic E-state index is 13.2. The molecule has 6 heteroatoms. The molecule has 1 atom stereocenters. The molecule has 0 aliphatic carbocycles. The molecule has 2 aromatic carbocycles. The summed E-state index contributed by atoms with van der Waals surface area (Å²) in [5, 5.41) is 3.89. The Morgan fingerprint density at radius 3 is 2.69 bits per heavy atom. The second-order valence-electron chi connectivity index (χ2n) is 6.11. The highest BCUT2D eigenvalue weighted by molar-refractivity contribution is 5.72. The third-order valence-corrected chi connectivity index (χ3v) is 3.89. The largest absolute Gasteiger partial charge is 0.455 e. The number of hydrogen-bond acceptors (Lipinski definition) is 5. The minimum absolute atomic E-state index is 0.0753. The maximum Gasteiger partial charge on any atom is 0.309 e. The highest BCUT2D eigenvalue weighted by Gasteiger charge is 2.17. The van der Waals surface area contributed by atoms with Gasteiger partial charge in [0.25, 0.3) is 5.89 Å². The van der Waals surface area contributed by atoms with Gasteiger partial charge < -0.3 is 9.26 Å². The molecule has 1 aromatic heterocycles. The Bertz CT molecular complexity index is 864. The van der Waals surface area contributed by atoms with Gasteiger partial charge in [-0.25, -0.2) is 4.39 Å². The first kappa shape index (κ1) is 17.8. The SMILES string of the molecule is CC(Cc1cccc(F)c1)C(=O)OCc1nc(Cc2ccccc2)no1. The van der Waals surface area contributed by atoms with E-state index in [1.807, 2.05) is 30.3 Å². The van der Waals surface area contributed by atoms with Crippen LogP contribution in [0.3, 0.4) is 0 Å². The van der Waals surface area contributed by atoms with Crippen molar-refractivity contribution < 1.29 is 18.4 Å². The third kappa shape index (κ3) is 4.99. The Hall–Kier alpha value is -3.02. The first-order chi connectivity index (χ1) is 12.6. The van der Waals surface area contributed by atoms with Crippen LogP contribution in [0.15, 0.2) is 59.1 Å². The minimum atomic E-state index is -0.400. The molecule has 0 bridgehead atoms. The van der Waals surface area contributed by atoms with E-state index in [0.29, 0.717) is 18.7 Å². The van der Waals surface area contributed by atoms with Gasteiger partial charge in [-0.2, -0.15) is 4.98 Å². The number of halogens is 1. The first-order valence-electron chi connectivity index (χ1n) is 8.36. The van der Waals surface area contributed by atoms with Gasteiger partial charge in [-0.1, -0.05) is 54.5 Å². The fraction of sp³-hybridized carbons (Fsp3) is 0.250. The van der Waals surface area contributed by atoms with Crippen molar-refractivity contribution in [3.8, 4) is 0 Å². The number of nitrogens with zero attached hydrogens (tertiary/aromatic N) is 2. The number of esters is 1. The molecule has 134 valence electrons. The molecule has 0 aliphatic heterocycles. The van der Waals surface area contributed by atoms with Crippen LogP contribution in [0.4, 0.5) is 4.39 Å². The summed E-state index contributed by atoms with van der Waals surface area (Å²) in [6, 6.07) is 16.0. The molecule has 26 heavy (non-hydrogen) atoms. The molecule has 3 aromatic rings. The van der Waals surface area contributed by atoms with Crippen LogP contribution in [0.5, 0.6) is 0 Å². The van der Waals surface area contributed by atoms with Gasteiger partial charge in [0.1, 0.15) is 5.82 Å². The summed E-state index contributed by atoms with van der Waals surface area (Å²) in [6.07, 6.45) is 0.952. The fourth-order valence-corrected chi connectivity index (χ4v) is 2.57. The molecule has 5 nitrogen and oxygen atoms in total. The molecular formula is C20H19FN2O3. The van der Waals surface area contributed by atoms with Crippen LogP contribution in [-0.2, 0) is 29.0 Å². The second-order valence-corrected chi connectivity index (χ2v) is 6.11. The van der Waals surface area contributed by atoms with Gasteiger partial charge in [0.15, 0.2) is 12.4 Å². The molecule has 0 amide bonds. The van der Waals surface area contributed by atoms with Crippen LogP contribution >= 0.6 is 0 Å². The molecule has 0 fully saturated rings. The Kier molecular flexibility index (Phi) is 5.73. The minimum Gasteiger partial charge on any atom is -0.455 e. The van der Waals surface area contributed by atoms with E-state index in [4.69, 9.17) is 9.26 Å². The Morgan fingerprint density at radius 1 is 1.15 bits per heavy atom. The van der Waals surface area contributed by atoms with E-state index in [1.54, 1.807) is 19.1 Å². The number of carbonyl (C=O) groups is 1. The number of rotatable bonds is 7. The fourth-order valence-electron chi connectivity index (χ4n) is 2.57. The normalized spacial score (nSPS) is 11.9. The van der Waals surface area contributed by atoms with E-state index in [9.17, 15) is 9.18 Å². The number of hydrogen-bond donors (Lipinski definition) is 0. The van der Waals surface area contributed by atoms with Gasteiger partial charge in [-0.3, -0.25) is 4.79 Å². The van der Waals surface area contributed by atoms with E-state index in [0.717, 1.165) is 11.1 Å². The van der Waals surface area contributed by atoms with E-state index in [-0.39, 0.29) is 18.3 Å². The molecule has 0 spiro atoms. The van der Waals surface area contributed by atoms with Crippen LogP contribution in [0.1, 0.15) is 29.8 Å². The summed E-state index contributed by atoms with van der Waals surface area (Å²) < 4.78 is 23.5. The lowest BCUT2D eigenvalue weighted by molar-refractivity contribution is -0.150. The van der Waals surface area contributed by atoms with Gasteiger partial charge in [0.2, 0.25) is 0 Å². The number of carbonyl (C=O) groups excluding carboxylic acids is 1. The maximum atomic E-state index is 13.2. The van der Waals surface area contributed by atoms with Crippen molar-refractivity contribution in [1.82, 2.24) is 10.1 Å². The molecule has 0 N–H and O–H groups in total. The smallest absolute Gasteiger partial charge is 0.309 e. The number of aromatic nitrogens is 2. The van der Waals surface area contributed by atoms with Crippen LogP contribution < -0.4 is 0 Å². The van der Waals surface area contributed by atoms with E-state index < -0.39 is 11.9 Å². The highest BCUT2D eigenvalue weighted by atomic mass is 19.1. The summed E-state index contributed by atoms with van der Waals surface area (Å²) in [4.78, 5) is 16.3. The zero-order valence-corrected chi connectivity index (χ0v) is 14.4. The van der Waals surface area contributed by atoms with E-state index >= 15 is 0 Å². The van der Waals surface area contributed by atoms with Crippen LogP contribution in [0, 0.1) is 11.7 Å². The van der Waals surface area contributed by atoms with Crippen LogP contribution in [0.25, 0.3) is 0 Å². The average Bonchev–Trinajstić information content (AvgIpc) is 3.08. The number of ether oxygens (including phenoxy) is 1. The molecule has 0 saturated heterocycles. The molecule has 1 heterocycles. The molecule has 1 unspecified atom stereocenters. The summed E-state index contributed by atoms with van der Waals surface area (Å²) in [7, 11) is 0. The van der Waals surface area contributed by atoms with Crippen molar-refractivity contribution >= 4 is 5.97 Å². The van der Waals surface area contributed by atoms with E-state index in [1.165, 1.54) is 12.1 Å². The molecular weight excluding hydrogens is 335 g/mol. The standard InChI is InChI=1S/C20H19FN2O3/c1-14(10-16-8-5-9-17(21)11-16)20(24)25-13-19-22-18(23-26-19)12-15-6-3-2-4-7-15/h2-9,11,14H,10,12-13H2,1H3. The Morgan fingerprint density at radius 2 is 1.92 bits per heavy atom. The predicted octanol–water partition coefficient (Wildman–Crippen LogP) is 3.72. The van der Waals surface area contributed by atoms with Gasteiger partial charge in [-0.15, -0.1) is 0 Å². The van der Waals surface area contributed by atoms with Crippen LogP contribution in [-0.4, -0.2) is 16.1 Å². The molecule has 0 aliphatic rings. The topological polar surface area (TPSA) is 65.2 Å². The van der Waals surface area contributed by atoms with Crippen molar-refractivity contribution in [2.45, 2.75) is 26.4 Å². The summed E-state index contributed by atoms with van der Waals surface area (Å²) in [5.74, 6) is -0.322. The van der Waals surface area contributed by atoms with E-state index in [2.05, 4.69) is 10.1 Å². The van der Waals surface area contributed by atoms with Crippen molar-refractivity contribution in [1.29, 1.82) is 0 Å². The summed E-state index contributed by atoms with van der Waals surface area (Å²) in [5.41, 5.74) is 1.82. The zero-order chi connectivity index (χ0) is 18.4. The predicted molar refractivity (Wildman–Crippen MR) is 92.6 cm³/mol. The Balaban J connectivity index is 1.50. The summed E-state index contributed by atoms with van der Waals surface area (Å²) >= 11 is 0. The molecule has 3 rings (SSSR count). The monoisotopic (exact) mass is 354 g/mol. The lowest BCUT2D eigenvalue weighted by Crippen LogP contribution is -2.17. The lowest BCUT2D eigenvalue weighted by atomic mass is 10.0.